The fourth-order valence-corrected chi connectivity index (χ4v) is 9.82. The highest BCUT2D eigenvalue weighted by Crippen LogP contribution is 2.41. The van der Waals surface area contributed by atoms with Gasteiger partial charge in [-0.05, 0) is 74.6 Å². The number of aliphatic hydroxyl groups excluding tert-OH is 4. The SMILES string of the molecule is O=C(N1CCC(Nc2nc(Cl)nc3c2ncn3[C@H]2CC[C@@H](n3ncc(CO)n3)C2)CC1)N1CCC(Nc2nc(Cl)nc3c2ncn3[C@@H]2C[C@H](n3ncc(CO)n3)[C@@H](O)[C@H]2O)CC1. The summed E-state index contributed by atoms with van der Waals surface area (Å²) in [5.41, 5.74) is 3.09. The molecule has 2 aliphatic heterocycles. The van der Waals surface area contributed by atoms with Crippen molar-refractivity contribution in [3.8, 4) is 0 Å². The van der Waals surface area contributed by atoms with Crippen molar-refractivity contribution in [1.82, 2.24) is 78.8 Å². The molecule has 0 radical (unpaired) electrons. The van der Waals surface area contributed by atoms with Crippen LogP contribution in [0.15, 0.2) is 25.0 Å². The van der Waals surface area contributed by atoms with Crippen LogP contribution in [0.25, 0.3) is 22.3 Å². The highest BCUT2D eigenvalue weighted by atomic mass is 35.5. The lowest BCUT2D eigenvalue weighted by Crippen LogP contribution is -2.51. The van der Waals surface area contributed by atoms with E-state index >= 15 is 0 Å². The van der Waals surface area contributed by atoms with Gasteiger partial charge < -0.3 is 50.0 Å². The van der Waals surface area contributed by atoms with E-state index in [4.69, 9.17) is 28.2 Å². The highest BCUT2D eigenvalue weighted by Gasteiger charge is 2.45. The Morgan fingerprint density at radius 2 is 1.15 bits per heavy atom. The molecule has 0 unspecified atom stereocenters. The van der Waals surface area contributed by atoms with Crippen LogP contribution in [0.3, 0.4) is 0 Å². The summed E-state index contributed by atoms with van der Waals surface area (Å²) in [5.74, 6) is 1.03. The van der Waals surface area contributed by atoms with Crippen LogP contribution in [0.1, 0.15) is 86.9 Å². The largest absolute Gasteiger partial charge is 0.390 e. The normalized spacial score (nSPS) is 25.1. The van der Waals surface area contributed by atoms with Crippen molar-refractivity contribution in [3.05, 3.63) is 47.0 Å². The van der Waals surface area contributed by atoms with Crippen LogP contribution in [0, 0.1) is 0 Å². The number of nitrogens with one attached hydrogen (secondary N) is 2. The van der Waals surface area contributed by atoms with Gasteiger partial charge in [-0.1, -0.05) is 0 Å². The molecule has 4 aliphatic rings. The number of halogens is 2. The summed E-state index contributed by atoms with van der Waals surface area (Å²) >= 11 is 12.9. The van der Waals surface area contributed by atoms with E-state index in [9.17, 15) is 25.2 Å². The molecule has 2 aliphatic carbocycles. The van der Waals surface area contributed by atoms with E-state index in [0.717, 1.165) is 32.1 Å². The van der Waals surface area contributed by atoms with Gasteiger partial charge in [-0.25, -0.2) is 14.8 Å². The van der Waals surface area contributed by atoms with Gasteiger partial charge in [0.1, 0.15) is 29.6 Å². The lowest BCUT2D eigenvalue weighted by Gasteiger charge is -2.39. The minimum Gasteiger partial charge on any atom is -0.390 e. The standard InChI is InChI=1S/C37H46Cl2N18O5/c38-35-46-31(27-33(48-35)54(17-40-27)23-1-2-24(11-23)56-42-13-21(15-58)50-56)44-19-3-7-52(8-4-19)37(62)53-9-5-20(6-10-53)45-32-28-34(49-36(39)47-32)55(18-41-28)25-12-26(30(61)29(25)60)57-43-14-22(16-59)51-57/h13-14,17-20,23-26,29-30,58-61H,1-12,15-16H2,(H,44,46,48)(H,45,47,49)/t23-,24+,25+,26-,29-,30+/m0/s1. The minimum absolute atomic E-state index is 0.00102. The summed E-state index contributed by atoms with van der Waals surface area (Å²) in [6.45, 7) is 1.86. The van der Waals surface area contributed by atoms with E-state index in [1.165, 1.54) is 11.0 Å². The molecule has 6 aromatic rings. The third-order valence-electron chi connectivity index (χ3n) is 12.8. The molecule has 2 saturated carbocycles. The number of aromatic nitrogens is 14. The summed E-state index contributed by atoms with van der Waals surface area (Å²) < 4.78 is 3.75. The van der Waals surface area contributed by atoms with Crippen LogP contribution in [0.2, 0.25) is 10.6 Å². The van der Waals surface area contributed by atoms with Crippen LogP contribution < -0.4 is 10.6 Å². The number of amides is 2. The number of hydrogen-bond donors (Lipinski definition) is 6. The average molecular weight is 894 g/mol. The van der Waals surface area contributed by atoms with Gasteiger partial charge in [0.25, 0.3) is 0 Å². The Kier molecular flexibility index (Phi) is 11.0. The molecule has 23 nitrogen and oxygen atoms in total. The van der Waals surface area contributed by atoms with Crippen molar-refractivity contribution in [3.63, 3.8) is 0 Å². The Morgan fingerprint density at radius 3 is 1.71 bits per heavy atom. The fraction of sp³-hybridized carbons (Fsp3) is 0.595. The zero-order valence-electron chi connectivity index (χ0n) is 33.4. The van der Waals surface area contributed by atoms with Crippen LogP contribution in [-0.4, -0.2) is 156 Å². The Labute approximate surface area is 363 Å². The molecule has 0 spiro atoms. The van der Waals surface area contributed by atoms with Gasteiger partial charge in [0, 0.05) is 44.3 Å². The number of likely N-dealkylation sites (tertiary alicyclic amines) is 2. The number of rotatable bonds is 10. The van der Waals surface area contributed by atoms with Gasteiger partial charge in [0.15, 0.2) is 34.0 Å². The first kappa shape index (κ1) is 40.7. The maximum atomic E-state index is 13.7. The first-order chi connectivity index (χ1) is 30.1. The molecule has 8 heterocycles. The van der Waals surface area contributed by atoms with E-state index < -0.39 is 24.3 Å². The number of aliphatic hydroxyl groups is 4. The Bertz CT molecular complexity index is 2570. The topological polar surface area (TPSA) is 277 Å². The van der Waals surface area contributed by atoms with Gasteiger partial charge in [-0.3, -0.25) is 0 Å². The van der Waals surface area contributed by atoms with E-state index in [-0.39, 0.29) is 60.4 Å². The van der Waals surface area contributed by atoms with Crippen LogP contribution in [0.5, 0.6) is 0 Å². The number of anilines is 2. The molecule has 328 valence electrons. The molecule has 62 heavy (non-hydrogen) atoms. The number of imidazole rings is 2. The second-order valence-electron chi connectivity index (χ2n) is 16.5. The minimum atomic E-state index is -1.17. The predicted molar refractivity (Wildman–Crippen MR) is 221 cm³/mol. The third kappa shape index (κ3) is 7.63. The van der Waals surface area contributed by atoms with Crippen LogP contribution in [0.4, 0.5) is 16.4 Å². The predicted octanol–water partition coefficient (Wildman–Crippen LogP) is 1.89. The van der Waals surface area contributed by atoms with Crippen molar-refractivity contribution in [2.75, 3.05) is 36.8 Å². The maximum Gasteiger partial charge on any atom is 0.320 e. The van der Waals surface area contributed by atoms with E-state index in [1.807, 2.05) is 9.80 Å². The number of urea groups is 1. The number of fused-ring (bicyclic) bond motifs is 2. The summed E-state index contributed by atoms with van der Waals surface area (Å²) in [6, 6.07) is -0.917. The van der Waals surface area contributed by atoms with Gasteiger partial charge >= 0.3 is 6.03 Å². The fourth-order valence-electron chi connectivity index (χ4n) is 9.49. The molecule has 10 rings (SSSR count). The molecule has 0 bridgehead atoms. The Balaban J connectivity index is 0.730. The van der Waals surface area contributed by atoms with Gasteiger partial charge in [0.2, 0.25) is 10.6 Å². The van der Waals surface area contributed by atoms with E-state index in [2.05, 4.69) is 60.5 Å². The molecule has 4 fully saturated rings. The molecule has 2 saturated heterocycles. The lowest BCUT2D eigenvalue weighted by atomic mass is 10.0. The van der Waals surface area contributed by atoms with Crippen molar-refractivity contribution in [2.24, 2.45) is 0 Å². The maximum absolute atomic E-state index is 13.7. The Morgan fingerprint density at radius 1 is 0.645 bits per heavy atom. The average Bonchev–Trinajstić information content (AvgIpc) is 4.15. The molecule has 25 heteroatoms. The molecular formula is C37H46Cl2N18O5. The molecule has 6 N–H and O–H groups in total. The molecule has 6 aromatic heterocycles. The van der Waals surface area contributed by atoms with Gasteiger partial charge in [-0.15, -0.1) is 0 Å². The monoisotopic (exact) mass is 892 g/mol. The van der Waals surface area contributed by atoms with Gasteiger partial charge in [0.05, 0.1) is 50.3 Å². The van der Waals surface area contributed by atoms with Crippen LogP contribution in [-0.2, 0) is 13.2 Å². The second-order valence-corrected chi connectivity index (χ2v) is 17.2. The second kappa shape index (κ2) is 16.7. The quantitative estimate of drug-likeness (QED) is 0.107. The number of nitrogens with zero attached hydrogens (tertiary/aromatic N) is 16. The Hall–Kier alpha value is -5.33. The number of carbonyl (C=O) groups excluding carboxylic acids is 1. The van der Waals surface area contributed by atoms with Crippen molar-refractivity contribution >= 4 is 63.2 Å². The molecule has 6 atom stereocenters. The lowest BCUT2D eigenvalue weighted by molar-refractivity contribution is 0.00491. The number of carbonyl (C=O) groups is 1. The van der Waals surface area contributed by atoms with Crippen molar-refractivity contribution in [2.45, 2.75) is 113 Å². The van der Waals surface area contributed by atoms with E-state index in [1.54, 1.807) is 28.2 Å². The smallest absolute Gasteiger partial charge is 0.320 e. The number of hydrogen-bond acceptors (Lipinski definition) is 17. The van der Waals surface area contributed by atoms with Crippen molar-refractivity contribution in [1.29, 1.82) is 0 Å². The summed E-state index contributed by atoms with van der Waals surface area (Å²) in [6.07, 6.45) is 9.71. The molecular weight excluding hydrogens is 847 g/mol. The summed E-state index contributed by atoms with van der Waals surface area (Å²) in [4.78, 5) is 47.8. The first-order valence-corrected chi connectivity index (χ1v) is 21.7. The van der Waals surface area contributed by atoms with E-state index in [0.29, 0.717) is 84.4 Å². The molecule has 0 aromatic carbocycles. The van der Waals surface area contributed by atoms with Gasteiger partial charge in [-0.2, -0.15) is 49.9 Å². The molecule has 2 amide bonds. The zero-order chi connectivity index (χ0) is 42.6. The third-order valence-corrected chi connectivity index (χ3v) is 13.1. The number of piperidine rings is 2. The first-order valence-electron chi connectivity index (χ1n) is 20.9. The summed E-state index contributed by atoms with van der Waals surface area (Å²) in [5, 5.41) is 65.0. The highest BCUT2D eigenvalue weighted by molar-refractivity contribution is 6.29. The van der Waals surface area contributed by atoms with Crippen LogP contribution >= 0.6 is 23.2 Å². The van der Waals surface area contributed by atoms with Crippen molar-refractivity contribution < 1.29 is 25.2 Å². The zero-order valence-corrected chi connectivity index (χ0v) is 34.9. The summed E-state index contributed by atoms with van der Waals surface area (Å²) in [7, 11) is 0.